The van der Waals surface area contributed by atoms with Gasteiger partial charge in [0.05, 0.1) is 0 Å². The van der Waals surface area contributed by atoms with E-state index >= 15 is 0 Å². The summed E-state index contributed by atoms with van der Waals surface area (Å²) in [5.74, 6) is 0. The largest absolute Gasteiger partial charge is 0.210 e. The van der Waals surface area contributed by atoms with Crippen molar-refractivity contribution >= 4 is 0 Å². The van der Waals surface area contributed by atoms with Crippen LogP contribution in [0.25, 0.3) is 11.1 Å². The minimum atomic E-state index is -0.279. The molecule has 1 aliphatic heterocycles. The standard InChI is InChI=1S/C13H10N4/c1-2-5-10(6-3-1)11-7-4-8-12(9-11)13-14-16-17-15-13/h1-9,13H. The van der Waals surface area contributed by atoms with Crippen LogP contribution in [0, 0.1) is 0 Å². The van der Waals surface area contributed by atoms with E-state index < -0.39 is 0 Å². The number of nitrogens with zero attached hydrogens (tertiary/aromatic N) is 4. The van der Waals surface area contributed by atoms with E-state index in [1.807, 2.05) is 30.3 Å². The van der Waals surface area contributed by atoms with E-state index in [4.69, 9.17) is 0 Å². The molecule has 2 aromatic rings. The lowest BCUT2D eigenvalue weighted by atomic mass is 10.0. The molecule has 0 amide bonds. The first-order valence-corrected chi connectivity index (χ1v) is 5.39. The lowest BCUT2D eigenvalue weighted by molar-refractivity contribution is 0.765. The molecule has 0 atom stereocenters. The Kier molecular flexibility index (Phi) is 2.46. The topological polar surface area (TPSA) is 49.4 Å². The van der Waals surface area contributed by atoms with Crippen molar-refractivity contribution in [2.75, 3.05) is 0 Å². The third kappa shape index (κ3) is 1.97. The first-order chi connectivity index (χ1) is 8.43. The molecule has 4 heteroatoms. The minimum absolute atomic E-state index is 0.279. The summed E-state index contributed by atoms with van der Waals surface area (Å²) in [5.41, 5.74) is 3.35. The maximum Gasteiger partial charge on any atom is 0.210 e. The Hall–Kier alpha value is -2.36. The summed E-state index contributed by atoms with van der Waals surface area (Å²) < 4.78 is 0. The maximum atomic E-state index is 3.93. The number of hydrogen-bond donors (Lipinski definition) is 0. The van der Waals surface area contributed by atoms with E-state index in [2.05, 4.69) is 44.9 Å². The van der Waals surface area contributed by atoms with Crippen molar-refractivity contribution in [2.24, 2.45) is 20.7 Å². The van der Waals surface area contributed by atoms with Crippen LogP contribution in [0.5, 0.6) is 0 Å². The highest BCUT2D eigenvalue weighted by Crippen LogP contribution is 2.28. The molecule has 0 N–H and O–H groups in total. The molecule has 0 spiro atoms. The molecule has 0 aromatic heterocycles. The normalized spacial score (nSPS) is 14.4. The Morgan fingerprint density at radius 1 is 0.706 bits per heavy atom. The van der Waals surface area contributed by atoms with Crippen LogP contribution in [0.15, 0.2) is 75.3 Å². The zero-order valence-electron chi connectivity index (χ0n) is 9.06. The van der Waals surface area contributed by atoms with Crippen molar-refractivity contribution in [3.63, 3.8) is 0 Å². The Morgan fingerprint density at radius 2 is 1.41 bits per heavy atom. The molecule has 4 nitrogen and oxygen atoms in total. The summed E-state index contributed by atoms with van der Waals surface area (Å²) in [5, 5.41) is 14.9. The molecule has 0 saturated carbocycles. The molecule has 82 valence electrons. The predicted molar refractivity (Wildman–Crippen MR) is 64.3 cm³/mol. The first-order valence-electron chi connectivity index (χ1n) is 5.39. The van der Waals surface area contributed by atoms with Crippen molar-refractivity contribution in [3.05, 3.63) is 60.2 Å². The average molecular weight is 222 g/mol. The molecular formula is C13H10N4. The average Bonchev–Trinajstić information content (AvgIpc) is 2.94. The minimum Gasteiger partial charge on any atom is -0.133 e. The third-order valence-electron chi connectivity index (χ3n) is 2.65. The van der Waals surface area contributed by atoms with E-state index in [9.17, 15) is 0 Å². The van der Waals surface area contributed by atoms with Gasteiger partial charge in [0.2, 0.25) is 6.17 Å². The highest BCUT2D eigenvalue weighted by Gasteiger charge is 2.12. The highest BCUT2D eigenvalue weighted by atomic mass is 15.6. The van der Waals surface area contributed by atoms with Gasteiger partial charge in [0, 0.05) is 5.56 Å². The zero-order valence-corrected chi connectivity index (χ0v) is 9.06. The van der Waals surface area contributed by atoms with Crippen molar-refractivity contribution in [2.45, 2.75) is 6.17 Å². The van der Waals surface area contributed by atoms with E-state index in [1.165, 1.54) is 5.56 Å². The Labute approximate surface area is 98.7 Å². The van der Waals surface area contributed by atoms with Crippen LogP contribution in [0.2, 0.25) is 0 Å². The van der Waals surface area contributed by atoms with E-state index in [0.29, 0.717) is 0 Å². The lowest BCUT2D eigenvalue weighted by Gasteiger charge is -2.05. The van der Waals surface area contributed by atoms with Gasteiger partial charge in [-0.3, -0.25) is 0 Å². The molecule has 0 fully saturated rings. The van der Waals surface area contributed by atoms with Gasteiger partial charge < -0.3 is 0 Å². The molecule has 0 bridgehead atoms. The monoisotopic (exact) mass is 222 g/mol. The van der Waals surface area contributed by atoms with E-state index in [-0.39, 0.29) is 6.17 Å². The molecule has 17 heavy (non-hydrogen) atoms. The van der Waals surface area contributed by atoms with Crippen LogP contribution < -0.4 is 0 Å². The number of hydrogen-bond acceptors (Lipinski definition) is 4. The fraction of sp³-hybridized carbons (Fsp3) is 0.0769. The molecule has 0 aliphatic carbocycles. The number of rotatable bonds is 2. The summed E-state index contributed by atoms with van der Waals surface area (Å²) in [6.45, 7) is 0. The van der Waals surface area contributed by atoms with Gasteiger partial charge in [0.1, 0.15) is 0 Å². The fourth-order valence-electron chi connectivity index (χ4n) is 1.81. The van der Waals surface area contributed by atoms with Crippen LogP contribution >= 0.6 is 0 Å². The van der Waals surface area contributed by atoms with Gasteiger partial charge in [-0.2, -0.15) is 0 Å². The van der Waals surface area contributed by atoms with Crippen molar-refractivity contribution in [1.29, 1.82) is 0 Å². The van der Waals surface area contributed by atoms with E-state index in [1.54, 1.807) is 0 Å². The maximum absolute atomic E-state index is 3.93. The predicted octanol–water partition coefficient (Wildman–Crippen LogP) is 4.19. The number of benzene rings is 2. The molecular weight excluding hydrogens is 212 g/mol. The molecule has 3 rings (SSSR count). The Bertz CT molecular complexity index is 563. The zero-order chi connectivity index (χ0) is 11.5. The van der Waals surface area contributed by atoms with Crippen LogP contribution in [0.1, 0.15) is 11.7 Å². The summed E-state index contributed by atoms with van der Waals surface area (Å²) >= 11 is 0. The molecule has 1 aliphatic rings. The molecule has 0 saturated heterocycles. The Balaban J connectivity index is 2.00. The van der Waals surface area contributed by atoms with E-state index in [0.717, 1.165) is 11.1 Å². The van der Waals surface area contributed by atoms with Gasteiger partial charge in [0.25, 0.3) is 0 Å². The SMILES string of the molecule is c1ccc(-c2cccc(C3N=NN=N3)c2)cc1. The lowest BCUT2D eigenvalue weighted by Crippen LogP contribution is -1.88. The Morgan fingerprint density at radius 3 is 2.18 bits per heavy atom. The van der Waals surface area contributed by atoms with Gasteiger partial charge in [-0.15, -0.1) is 10.2 Å². The van der Waals surface area contributed by atoms with Crippen molar-refractivity contribution in [1.82, 2.24) is 0 Å². The molecule has 0 unspecified atom stereocenters. The van der Waals surface area contributed by atoms with Crippen molar-refractivity contribution in [3.8, 4) is 11.1 Å². The second-order valence-electron chi connectivity index (χ2n) is 3.77. The first kappa shape index (κ1) is 9.84. The van der Waals surface area contributed by atoms with Gasteiger partial charge in [-0.05, 0) is 27.6 Å². The summed E-state index contributed by atoms with van der Waals surface area (Å²) in [6, 6.07) is 18.3. The van der Waals surface area contributed by atoms with Crippen LogP contribution in [0.4, 0.5) is 0 Å². The smallest absolute Gasteiger partial charge is 0.133 e. The fourth-order valence-corrected chi connectivity index (χ4v) is 1.81. The molecule has 2 aromatic carbocycles. The van der Waals surface area contributed by atoms with Gasteiger partial charge >= 0.3 is 0 Å². The van der Waals surface area contributed by atoms with Gasteiger partial charge in [-0.1, -0.05) is 48.5 Å². The molecule has 0 radical (unpaired) electrons. The summed E-state index contributed by atoms with van der Waals surface area (Å²) in [6.07, 6.45) is -0.279. The summed E-state index contributed by atoms with van der Waals surface area (Å²) in [4.78, 5) is 0. The van der Waals surface area contributed by atoms with Crippen LogP contribution in [-0.4, -0.2) is 0 Å². The van der Waals surface area contributed by atoms with Gasteiger partial charge in [0.15, 0.2) is 0 Å². The summed E-state index contributed by atoms with van der Waals surface area (Å²) in [7, 11) is 0. The van der Waals surface area contributed by atoms with Crippen LogP contribution in [0.3, 0.4) is 0 Å². The second kappa shape index (κ2) is 4.25. The van der Waals surface area contributed by atoms with Crippen LogP contribution in [-0.2, 0) is 0 Å². The quantitative estimate of drug-likeness (QED) is 0.731. The highest BCUT2D eigenvalue weighted by molar-refractivity contribution is 5.64. The van der Waals surface area contributed by atoms with Gasteiger partial charge in [-0.25, -0.2) is 0 Å². The molecule has 1 heterocycles. The van der Waals surface area contributed by atoms with Crippen molar-refractivity contribution < 1.29 is 0 Å². The second-order valence-corrected chi connectivity index (χ2v) is 3.77. The third-order valence-corrected chi connectivity index (χ3v) is 2.65.